The number of carbonyl (C=O) groups is 2. The van der Waals surface area contributed by atoms with Crippen molar-refractivity contribution in [1.82, 2.24) is 15.1 Å². The summed E-state index contributed by atoms with van der Waals surface area (Å²) < 4.78 is 78.8. The molecule has 1 aliphatic heterocycles. The summed E-state index contributed by atoms with van der Waals surface area (Å²) >= 11 is 0. The number of rotatable bonds is 8. The number of halogens is 6. The van der Waals surface area contributed by atoms with Crippen molar-refractivity contribution in [3.63, 3.8) is 0 Å². The van der Waals surface area contributed by atoms with Crippen LogP contribution >= 0.6 is 0 Å². The van der Waals surface area contributed by atoms with Gasteiger partial charge in [0.25, 0.3) is 0 Å². The number of alkyl halides is 3. The molecule has 0 saturated carbocycles. The molecular formula is C27H33F6N3O4. The quantitative estimate of drug-likeness (QED) is 0.317. The molecule has 0 unspecified atom stereocenters. The van der Waals surface area contributed by atoms with Gasteiger partial charge in [0.1, 0.15) is 11.6 Å². The van der Waals surface area contributed by atoms with Crippen LogP contribution in [0.5, 0.6) is 5.75 Å². The maximum absolute atomic E-state index is 14.3. The standard InChI is InChI=1S/C25H32F3N3O2.C2HF3O2/c1-17(2)16-33-21-6-4-18(5-7-21)14-29-25(32)31(20-8-10-30(3)11-9-20)15-19-12-23(27)24(28)13-22(19)26;3-2(4,5)1(6)7/h4-7,12-13,17,20H,8-11,14-16H2,1-3H3,(H,29,32);(H,6,7). The van der Waals surface area contributed by atoms with Crippen LogP contribution in [0, 0.1) is 23.4 Å². The van der Waals surface area contributed by atoms with Crippen LogP contribution in [0.1, 0.15) is 37.8 Å². The largest absolute Gasteiger partial charge is 0.493 e. The predicted octanol–water partition coefficient (Wildman–Crippen LogP) is 5.58. The first-order valence-electron chi connectivity index (χ1n) is 12.6. The molecule has 0 aliphatic carbocycles. The van der Waals surface area contributed by atoms with Crippen molar-refractivity contribution >= 4 is 12.0 Å². The second-order valence-corrected chi connectivity index (χ2v) is 9.83. The SMILES string of the molecule is CC(C)COc1ccc(CNC(=O)N(Cc2cc(F)c(F)cc2F)C2CCN(C)CC2)cc1.O=C(O)C(F)(F)F. The Bertz CT molecular complexity index is 1120. The minimum atomic E-state index is -5.08. The van der Waals surface area contributed by atoms with E-state index in [-0.39, 0.29) is 30.7 Å². The lowest BCUT2D eigenvalue weighted by Gasteiger charge is -2.37. The molecule has 0 aromatic heterocycles. The third-order valence-corrected chi connectivity index (χ3v) is 6.01. The number of carbonyl (C=O) groups excluding carboxylic acids is 1. The number of carboxylic acids is 1. The molecule has 0 bridgehead atoms. The summed E-state index contributed by atoms with van der Waals surface area (Å²) in [6.07, 6.45) is -3.64. The fourth-order valence-electron chi connectivity index (χ4n) is 3.79. The molecule has 0 spiro atoms. The van der Waals surface area contributed by atoms with E-state index in [1.54, 1.807) is 0 Å². The van der Waals surface area contributed by atoms with Crippen LogP contribution in [0.2, 0.25) is 0 Å². The van der Waals surface area contributed by atoms with Crippen molar-refractivity contribution < 1.29 is 45.8 Å². The summed E-state index contributed by atoms with van der Waals surface area (Å²) in [7, 11) is 2.00. The van der Waals surface area contributed by atoms with Gasteiger partial charge in [0.05, 0.1) is 13.2 Å². The molecule has 2 amide bonds. The van der Waals surface area contributed by atoms with Gasteiger partial charge in [0.2, 0.25) is 0 Å². The van der Waals surface area contributed by atoms with Gasteiger partial charge in [-0.05, 0) is 62.7 Å². The summed E-state index contributed by atoms with van der Waals surface area (Å²) in [4.78, 5) is 25.7. The summed E-state index contributed by atoms with van der Waals surface area (Å²) in [5.41, 5.74) is 0.845. The Hall–Kier alpha value is -3.48. The van der Waals surface area contributed by atoms with Gasteiger partial charge in [-0.15, -0.1) is 0 Å². The third-order valence-electron chi connectivity index (χ3n) is 6.01. The van der Waals surface area contributed by atoms with E-state index in [1.807, 2.05) is 31.3 Å². The van der Waals surface area contributed by atoms with E-state index in [2.05, 4.69) is 24.1 Å². The number of urea groups is 1. The Morgan fingerprint density at radius 1 is 1.05 bits per heavy atom. The first-order chi connectivity index (χ1) is 18.7. The summed E-state index contributed by atoms with van der Waals surface area (Å²) in [6, 6.07) is 8.34. The first kappa shape index (κ1) is 32.7. The number of nitrogens with one attached hydrogen (secondary N) is 1. The van der Waals surface area contributed by atoms with Gasteiger partial charge in [0, 0.05) is 24.2 Å². The fraction of sp³-hybridized carbons (Fsp3) is 0.481. The van der Waals surface area contributed by atoms with Crippen molar-refractivity contribution in [2.75, 3.05) is 26.7 Å². The monoisotopic (exact) mass is 577 g/mol. The van der Waals surface area contributed by atoms with Gasteiger partial charge in [-0.3, -0.25) is 0 Å². The van der Waals surface area contributed by atoms with Crippen LogP contribution in [0.3, 0.4) is 0 Å². The Balaban J connectivity index is 0.000000708. The lowest BCUT2D eigenvalue weighted by molar-refractivity contribution is -0.192. The average molecular weight is 578 g/mol. The molecule has 0 radical (unpaired) electrons. The van der Waals surface area contributed by atoms with Crippen molar-refractivity contribution in [2.24, 2.45) is 5.92 Å². The van der Waals surface area contributed by atoms with Gasteiger partial charge >= 0.3 is 18.2 Å². The molecule has 2 N–H and O–H groups in total. The maximum atomic E-state index is 14.3. The highest BCUT2D eigenvalue weighted by molar-refractivity contribution is 5.74. The number of amides is 2. The molecule has 2 aromatic rings. The Kier molecular flexibility index (Phi) is 12.1. The van der Waals surface area contributed by atoms with E-state index < -0.39 is 29.6 Å². The van der Waals surface area contributed by atoms with Crippen LogP contribution in [-0.2, 0) is 17.9 Å². The Morgan fingerprint density at radius 2 is 1.60 bits per heavy atom. The first-order valence-corrected chi connectivity index (χ1v) is 12.6. The van der Waals surface area contributed by atoms with Gasteiger partial charge in [-0.1, -0.05) is 26.0 Å². The van der Waals surface area contributed by atoms with Gasteiger partial charge in [0.15, 0.2) is 11.6 Å². The minimum Gasteiger partial charge on any atom is -0.493 e. The highest BCUT2D eigenvalue weighted by Gasteiger charge is 2.38. The summed E-state index contributed by atoms with van der Waals surface area (Å²) in [6.45, 7) is 6.53. The molecule has 1 heterocycles. The number of piperidine rings is 1. The molecule has 222 valence electrons. The lowest BCUT2D eigenvalue weighted by atomic mass is 10.0. The molecule has 7 nitrogen and oxygen atoms in total. The Labute approximate surface area is 228 Å². The number of likely N-dealkylation sites (tertiary alicyclic amines) is 1. The average Bonchev–Trinajstić information content (AvgIpc) is 2.88. The van der Waals surface area contributed by atoms with E-state index in [1.165, 1.54) is 4.90 Å². The second kappa shape index (κ2) is 14.8. The number of ether oxygens (including phenoxy) is 1. The molecule has 3 rings (SSSR count). The molecule has 40 heavy (non-hydrogen) atoms. The highest BCUT2D eigenvalue weighted by Crippen LogP contribution is 2.22. The molecule has 13 heteroatoms. The molecule has 1 fully saturated rings. The van der Waals surface area contributed by atoms with Crippen LogP contribution in [-0.4, -0.2) is 65.9 Å². The summed E-state index contributed by atoms with van der Waals surface area (Å²) in [5, 5.41) is 10.0. The van der Waals surface area contributed by atoms with Gasteiger partial charge in [-0.25, -0.2) is 22.8 Å². The summed E-state index contributed by atoms with van der Waals surface area (Å²) in [5.74, 6) is -4.80. The molecule has 1 saturated heterocycles. The topological polar surface area (TPSA) is 82.1 Å². The number of aliphatic carboxylic acids is 1. The van der Waals surface area contributed by atoms with Crippen LogP contribution in [0.25, 0.3) is 0 Å². The Morgan fingerprint density at radius 3 is 2.12 bits per heavy atom. The molecular weight excluding hydrogens is 544 g/mol. The fourth-order valence-corrected chi connectivity index (χ4v) is 3.79. The van der Waals surface area contributed by atoms with Crippen molar-refractivity contribution in [3.05, 3.63) is 65.0 Å². The van der Waals surface area contributed by atoms with Gasteiger partial charge in [-0.2, -0.15) is 13.2 Å². The number of nitrogens with zero attached hydrogens (tertiary/aromatic N) is 2. The predicted molar refractivity (Wildman–Crippen MR) is 135 cm³/mol. The van der Waals surface area contributed by atoms with Crippen molar-refractivity contribution in [1.29, 1.82) is 0 Å². The van der Waals surface area contributed by atoms with E-state index in [4.69, 9.17) is 14.6 Å². The third kappa shape index (κ3) is 10.6. The minimum absolute atomic E-state index is 0.0466. The van der Waals surface area contributed by atoms with Crippen molar-refractivity contribution in [2.45, 2.75) is 52.0 Å². The van der Waals surface area contributed by atoms with E-state index in [0.717, 1.165) is 43.3 Å². The zero-order valence-electron chi connectivity index (χ0n) is 22.4. The maximum Gasteiger partial charge on any atom is 0.490 e. The van der Waals surface area contributed by atoms with E-state index >= 15 is 0 Å². The number of hydrogen-bond acceptors (Lipinski definition) is 4. The second-order valence-electron chi connectivity index (χ2n) is 9.83. The van der Waals surface area contributed by atoms with E-state index in [0.29, 0.717) is 18.6 Å². The lowest BCUT2D eigenvalue weighted by Crippen LogP contribution is -2.49. The zero-order valence-corrected chi connectivity index (χ0v) is 22.4. The molecule has 2 aromatic carbocycles. The van der Waals surface area contributed by atoms with Gasteiger partial charge < -0.3 is 25.0 Å². The molecule has 1 aliphatic rings. The zero-order chi connectivity index (χ0) is 30.0. The normalized spacial score (nSPS) is 14.3. The van der Waals surface area contributed by atoms with Crippen LogP contribution < -0.4 is 10.1 Å². The number of hydrogen-bond donors (Lipinski definition) is 2. The highest BCUT2D eigenvalue weighted by atomic mass is 19.4. The van der Waals surface area contributed by atoms with Crippen LogP contribution in [0.15, 0.2) is 36.4 Å². The molecule has 0 atom stereocenters. The number of carboxylic acid groups (broad SMARTS) is 1. The van der Waals surface area contributed by atoms with E-state index in [9.17, 15) is 31.1 Å². The van der Waals surface area contributed by atoms with Crippen molar-refractivity contribution in [3.8, 4) is 5.75 Å². The number of benzene rings is 2. The van der Waals surface area contributed by atoms with Crippen LogP contribution in [0.4, 0.5) is 31.1 Å². The smallest absolute Gasteiger partial charge is 0.490 e.